The van der Waals surface area contributed by atoms with Crippen molar-refractivity contribution in [2.24, 2.45) is 5.92 Å². The lowest BCUT2D eigenvalue weighted by Gasteiger charge is -2.19. The molecule has 0 saturated heterocycles. The van der Waals surface area contributed by atoms with Gasteiger partial charge in [0.15, 0.2) is 0 Å². The Labute approximate surface area is 379 Å². The predicted octanol–water partition coefficient (Wildman–Crippen LogP) is 14.0. The molecule has 11 nitrogen and oxygen atoms in total. The van der Waals surface area contributed by atoms with Gasteiger partial charge in [0.2, 0.25) is 0 Å². The van der Waals surface area contributed by atoms with E-state index in [1.807, 2.05) is 0 Å². The van der Waals surface area contributed by atoms with Gasteiger partial charge in [-0.25, -0.2) is 9.59 Å². The minimum absolute atomic E-state index is 0.204. The predicted molar refractivity (Wildman–Crippen MR) is 251 cm³/mol. The summed E-state index contributed by atoms with van der Waals surface area (Å²) in [6.45, 7) is 13.2. The topological polar surface area (TPSA) is 127 Å². The van der Waals surface area contributed by atoms with Crippen molar-refractivity contribution in [1.82, 2.24) is 4.90 Å². The Morgan fingerprint density at radius 1 is 0.435 bits per heavy atom. The fraction of sp³-hybridized carbons (Fsp3) is 0.882. The van der Waals surface area contributed by atoms with E-state index in [-0.39, 0.29) is 39.1 Å². The molecule has 0 N–H and O–H groups in total. The molecule has 11 heteroatoms. The van der Waals surface area contributed by atoms with Crippen LogP contribution in [0.3, 0.4) is 0 Å². The van der Waals surface area contributed by atoms with E-state index in [1.165, 1.54) is 109 Å². The molecule has 0 fully saturated rings. The number of ether oxygens (including phenoxy) is 6. The van der Waals surface area contributed by atoms with Gasteiger partial charge in [0, 0.05) is 6.54 Å². The van der Waals surface area contributed by atoms with Crippen LogP contribution in [0.15, 0.2) is 12.2 Å². The van der Waals surface area contributed by atoms with Gasteiger partial charge in [0.25, 0.3) is 0 Å². The van der Waals surface area contributed by atoms with E-state index in [0.29, 0.717) is 6.42 Å². The SMILES string of the molecule is CCCCCCCC/C=C\CCCCCCCCOC(=O)OCC(COC(=O)CC(=O)OC(CCCCCCCC)CCCCCCCC)COC(=O)OCCCN(CC)CC. The van der Waals surface area contributed by atoms with Crippen molar-refractivity contribution in [3.05, 3.63) is 12.2 Å². The third-order valence-electron chi connectivity index (χ3n) is 11.3. The molecule has 0 saturated carbocycles. The van der Waals surface area contributed by atoms with Crippen molar-refractivity contribution in [2.75, 3.05) is 52.7 Å². The average molecular weight is 882 g/mol. The highest BCUT2D eigenvalue weighted by atomic mass is 16.7. The number of esters is 2. The Hall–Kier alpha value is -2.82. The lowest BCUT2D eigenvalue weighted by atomic mass is 10.0. The number of hydrogen-bond acceptors (Lipinski definition) is 11. The molecule has 0 aliphatic heterocycles. The van der Waals surface area contributed by atoms with E-state index < -0.39 is 36.6 Å². The molecule has 0 aliphatic rings. The fourth-order valence-corrected chi connectivity index (χ4v) is 7.26. The van der Waals surface area contributed by atoms with Crippen molar-refractivity contribution >= 4 is 24.2 Å². The highest BCUT2D eigenvalue weighted by Crippen LogP contribution is 2.18. The maximum atomic E-state index is 12.9. The lowest BCUT2D eigenvalue weighted by molar-refractivity contribution is -0.159. The Bertz CT molecular complexity index is 1050. The van der Waals surface area contributed by atoms with E-state index in [2.05, 4.69) is 51.7 Å². The second kappa shape index (κ2) is 46.2. The van der Waals surface area contributed by atoms with Crippen LogP contribution in [-0.4, -0.2) is 87.9 Å². The van der Waals surface area contributed by atoms with Gasteiger partial charge in [-0.05, 0) is 77.3 Å². The molecule has 1 unspecified atom stereocenters. The molecule has 1 atom stereocenters. The summed E-state index contributed by atoms with van der Waals surface area (Å²) < 4.78 is 32.4. The smallest absolute Gasteiger partial charge is 0.465 e. The summed E-state index contributed by atoms with van der Waals surface area (Å²) in [4.78, 5) is 52.7. The molecule has 0 aromatic rings. The Morgan fingerprint density at radius 2 is 0.839 bits per heavy atom. The van der Waals surface area contributed by atoms with E-state index in [1.54, 1.807) is 0 Å². The first-order valence-corrected chi connectivity index (χ1v) is 25.6. The number of rotatable bonds is 45. The van der Waals surface area contributed by atoms with Crippen molar-refractivity contribution in [3.63, 3.8) is 0 Å². The van der Waals surface area contributed by atoms with Gasteiger partial charge in [-0.1, -0.05) is 169 Å². The van der Waals surface area contributed by atoms with Crippen LogP contribution in [0.25, 0.3) is 0 Å². The normalized spacial score (nSPS) is 11.9. The van der Waals surface area contributed by atoms with Gasteiger partial charge < -0.3 is 33.3 Å². The van der Waals surface area contributed by atoms with Crippen LogP contribution in [0.5, 0.6) is 0 Å². The molecule has 0 heterocycles. The van der Waals surface area contributed by atoms with Crippen LogP contribution in [0, 0.1) is 5.92 Å². The molecule has 62 heavy (non-hydrogen) atoms. The quantitative estimate of drug-likeness (QED) is 0.0191. The van der Waals surface area contributed by atoms with Crippen LogP contribution < -0.4 is 0 Å². The van der Waals surface area contributed by atoms with Gasteiger partial charge in [-0.15, -0.1) is 0 Å². The van der Waals surface area contributed by atoms with Crippen molar-refractivity contribution < 1.29 is 47.6 Å². The van der Waals surface area contributed by atoms with E-state index in [0.717, 1.165) is 90.3 Å². The first-order valence-electron chi connectivity index (χ1n) is 25.6. The summed E-state index contributed by atoms with van der Waals surface area (Å²) >= 11 is 0. The summed E-state index contributed by atoms with van der Waals surface area (Å²) in [5.41, 5.74) is 0. The zero-order valence-corrected chi connectivity index (χ0v) is 40.7. The van der Waals surface area contributed by atoms with Gasteiger partial charge in [0.05, 0.1) is 19.1 Å². The summed E-state index contributed by atoms with van der Waals surface area (Å²) in [5.74, 6) is -2.05. The number of hydrogen-bond donors (Lipinski definition) is 0. The number of carbonyl (C=O) groups excluding carboxylic acids is 4. The number of carbonyl (C=O) groups is 4. The molecule has 0 rings (SSSR count). The van der Waals surface area contributed by atoms with Crippen LogP contribution >= 0.6 is 0 Å². The number of unbranched alkanes of at least 4 members (excludes halogenated alkanes) is 22. The van der Waals surface area contributed by atoms with E-state index in [4.69, 9.17) is 28.4 Å². The Kier molecular flexibility index (Phi) is 44.1. The molecular formula is C51H95NO10. The molecule has 0 aromatic carbocycles. The van der Waals surface area contributed by atoms with Gasteiger partial charge in [-0.2, -0.15) is 0 Å². The molecule has 0 spiro atoms. The zero-order valence-electron chi connectivity index (χ0n) is 40.7. The monoisotopic (exact) mass is 882 g/mol. The summed E-state index contributed by atoms with van der Waals surface area (Å²) in [6, 6.07) is 0. The summed E-state index contributed by atoms with van der Waals surface area (Å²) in [6.07, 6.45) is 35.0. The number of allylic oxidation sites excluding steroid dienone is 2. The van der Waals surface area contributed by atoms with Gasteiger partial charge in [0.1, 0.15) is 32.3 Å². The minimum atomic E-state index is -0.853. The molecular weight excluding hydrogens is 787 g/mol. The maximum absolute atomic E-state index is 12.9. The Balaban J connectivity index is 4.79. The average Bonchev–Trinajstić information content (AvgIpc) is 3.26. The lowest BCUT2D eigenvalue weighted by Crippen LogP contribution is -2.28. The highest BCUT2D eigenvalue weighted by molar-refractivity contribution is 5.91. The van der Waals surface area contributed by atoms with Crippen LogP contribution in [0.4, 0.5) is 9.59 Å². The third-order valence-corrected chi connectivity index (χ3v) is 11.3. The third kappa shape index (κ3) is 41.2. The standard InChI is InChI=1S/C51H95NO10/c1-6-11-14-17-20-21-22-23-24-25-26-27-28-29-32-35-40-57-50(55)60-44-46(45-61-51(56)58-41-36-39-52(9-4)10-5)43-59-48(53)42-49(54)62-47(37-33-30-18-15-12-7-2)38-34-31-19-16-13-8-3/h23-24,46-47H,6-22,25-45H2,1-5H3/b24-23-. The first kappa shape index (κ1) is 59.2. The van der Waals surface area contributed by atoms with E-state index >= 15 is 0 Å². The van der Waals surface area contributed by atoms with Crippen molar-refractivity contribution in [2.45, 2.75) is 233 Å². The van der Waals surface area contributed by atoms with E-state index in [9.17, 15) is 19.2 Å². The van der Waals surface area contributed by atoms with Crippen LogP contribution in [0.2, 0.25) is 0 Å². The largest absolute Gasteiger partial charge is 0.508 e. The van der Waals surface area contributed by atoms with Gasteiger partial charge in [-0.3, -0.25) is 9.59 Å². The first-order chi connectivity index (χ1) is 30.3. The number of nitrogens with zero attached hydrogens (tertiary/aromatic N) is 1. The highest BCUT2D eigenvalue weighted by Gasteiger charge is 2.22. The van der Waals surface area contributed by atoms with Crippen LogP contribution in [0.1, 0.15) is 227 Å². The zero-order chi connectivity index (χ0) is 45.6. The maximum Gasteiger partial charge on any atom is 0.508 e. The molecule has 0 bridgehead atoms. The van der Waals surface area contributed by atoms with Crippen LogP contribution in [-0.2, 0) is 38.0 Å². The minimum Gasteiger partial charge on any atom is -0.465 e. The summed E-state index contributed by atoms with van der Waals surface area (Å²) in [5, 5.41) is 0. The Morgan fingerprint density at radius 3 is 1.31 bits per heavy atom. The molecule has 0 radical (unpaired) electrons. The second-order valence-electron chi connectivity index (χ2n) is 17.1. The molecule has 364 valence electrons. The second-order valence-corrected chi connectivity index (χ2v) is 17.1. The molecule has 0 aliphatic carbocycles. The fourth-order valence-electron chi connectivity index (χ4n) is 7.26. The molecule has 0 amide bonds. The van der Waals surface area contributed by atoms with Crippen molar-refractivity contribution in [1.29, 1.82) is 0 Å². The van der Waals surface area contributed by atoms with Crippen molar-refractivity contribution in [3.8, 4) is 0 Å². The summed E-state index contributed by atoms with van der Waals surface area (Å²) in [7, 11) is 0. The van der Waals surface area contributed by atoms with Gasteiger partial charge >= 0.3 is 24.2 Å². The molecule has 0 aromatic heterocycles.